The van der Waals surface area contributed by atoms with E-state index in [1.54, 1.807) is 16.6 Å². The number of amides is 1. The summed E-state index contributed by atoms with van der Waals surface area (Å²) in [6.45, 7) is 3.94. The summed E-state index contributed by atoms with van der Waals surface area (Å²) >= 11 is 0. The molecule has 1 amide bonds. The Morgan fingerprint density at radius 2 is 1.81 bits per heavy atom. The van der Waals surface area contributed by atoms with Gasteiger partial charge in [0.1, 0.15) is 5.76 Å². The van der Waals surface area contributed by atoms with Crippen molar-refractivity contribution in [2.45, 2.75) is 20.3 Å². The van der Waals surface area contributed by atoms with E-state index in [0.717, 1.165) is 34.7 Å². The highest BCUT2D eigenvalue weighted by Crippen LogP contribution is 2.30. The van der Waals surface area contributed by atoms with Crippen LogP contribution in [0.3, 0.4) is 0 Å². The SMILES string of the molecule is CCc1c(NC(=O)c2ccccc2)cccc1-c1ccc2nnc(-c3ccc(C)o3)n2n1. The summed E-state index contributed by atoms with van der Waals surface area (Å²) in [5.41, 5.74) is 4.72. The third-order valence-corrected chi connectivity index (χ3v) is 5.31. The molecule has 0 fully saturated rings. The van der Waals surface area contributed by atoms with Crippen LogP contribution in [0, 0.1) is 6.92 Å². The molecule has 158 valence electrons. The molecule has 2 aromatic carbocycles. The molecule has 0 atom stereocenters. The quantitative estimate of drug-likeness (QED) is 0.421. The van der Waals surface area contributed by atoms with Crippen molar-refractivity contribution in [3.8, 4) is 22.8 Å². The van der Waals surface area contributed by atoms with Gasteiger partial charge >= 0.3 is 0 Å². The minimum absolute atomic E-state index is 0.143. The van der Waals surface area contributed by atoms with Crippen LogP contribution < -0.4 is 5.32 Å². The zero-order valence-corrected chi connectivity index (χ0v) is 17.7. The van der Waals surface area contributed by atoms with Gasteiger partial charge in [0.25, 0.3) is 5.91 Å². The number of furan rings is 1. The lowest BCUT2D eigenvalue weighted by molar-refractivity contribution is 0.102. The number of nitrogens with zero attached hydrogens (tertiary/aromatic N) is 4. The van der Waals surface area contributed by atoms with E-state index >= 15 is 0 Å². The summed E-state index contributed by atoms with van der Waals surface area (Å²) in [4.78, 5) is 12.7. The van der Waals surface area contributed by atoms with Crippen LogP contribution in [0.25, 0.3) is 28.5 Å². The number of anilines is 1. The van der Waals surface area contributed by atoms with Crippen molar-refractivity contribution < 1.29 is 9.21 Å². The van der Waals surface area contributed by atoms with Crippen LogP contribution in [0.2, 0.25) is 0 Å². The second-order valence-corrected chi connectivity index (χ2v) is 7.43. The standard InChI is InChI=1S/C25H21N5O2/c1-3-18-19(10-7-11-20(18)26-25(31)17-8-5-4-6-9-17)21-13-15-23-27-28-24(30(23)29-21)22-14-12-16(2)32-22/h4-15H,3H2,1-2H3,(H,26,31). The zero-order chi connectivity index (χ0) is 22.1. The first-order valence-corrected chi connectivity index (χ1v) is 10.4. The number of nitrogens with one attached hydrogen (secondary N) is 1. The Kier molecular flexibility index (Phi) is 4.99. The molecule has 7 heteroatoms. The predicted molar refractivity (Wildman–Crippen MR) is 122 cm³/mol. The Labute approximate surface area is 184 Å². The van der Waals surface area contributed by atoms with Gasteiger partial charge in [0.05, 0.1) is 5.69 Å². The predicted octanol–water partition coefficient (Wildman–Crippen LogP) is 5.17. The van der Waals surface area contributed by atoms with E-state index in [0.29, 0.717) is 22.8 Å². The normalized spacial score (nSPS) is 11.1. The maximum absolute atomic E-state index is 12.7. The van der Waals surface area contributed by atoms with Crippen molar-refractivity contribution in [1.82, 2.24) is 19.8 Å². The largest absolute Gasteiger partial charge is 0.458 e. The van der Waals surface area contributed by atoms with Crippen LogP contribution in [-0.2, 0) is 6.42 Å². The average Bonchev–Trinajstić information content (AvgIpc) is 3.44. The van der Waals surface area contributed by atoms with Gasteiger partial charge in [-0.15, -0.1) is 10.2 Å². The van der Waals surface area contributed by atoms with Crippen LogP contribution in [-0.4, -0.2) is 25.7 Å². The van der Waals surface area contributed by atoms with E-state index in [-0.39, 0.29) is 5.91 Å². The van der Waals surface area contributed by atoms with Gasteiger partial charge in [-0.05, 0) is 61.4 Å². The molecule has 0 aliphatic rings. The summed E-state index contributed by atoms with van der Waals surface area (Å²) < 4.78 is 7.40. The molecule has 1 N–H and O–H groups in total. The van der Waals surface area contributed by atoms with Gasteiger partial charge in [0.15, 0.2) is 11.4 Å². The Bertz CT molecular complexity index is 1420. The number of carbonyl (C=O) groups excluding carboxylic acids is 1. The summed E-state index contributed by atoms with van der Waals surface area (Å²) in [6.07, 6.45) is 0.729. The average molecular weight is 423 g/mol. The molecule has 0 radical (unpaired) electrons. The minimum Gasteiger partial charge on any atom is -0.458 e. The van der Waals surface area contributed by atoms with E-state index in [1.807, 2.05) is 67.6 Å². The summed E-state index contributed by atoms with van der Waals surface area (Å²) in [7, 11) is 0. The highest BCUT2D eigenvalue weighted by molar-refractivity contribution is 6.05. The van der Waals surface area contributed by atoms with Gasteiger partial charge in [-0.1, -0.05) is 37.3 Å². The molecule has 5 rings (SSSR count). The van der Waals surface area contributed by atoms with Gasteiger partial charge < -0.3 is 9.73 Å². The van der Waals surface area contributed by atoms with Gasteiger partial charge in [0, 0.05) is 16.8 Å². The molecule has 0 aliphatic heterocycles. The van der Waals surface area contributed by atoms with Crippen molar-refractivity contribution >= 4 is 17.2 Å². The number of hydrogen-bond acceptors (Lipinski definition) is 5. The lowest BCUT2D eigenvalue weighted by atomic mass is 9.99. The molecule has 3 heterocycles. The van der Waals surface area contributed by atoms with Crippen LogP contribution in [0.4, 0.5) is 5.69 Å². The van der Waals surface area contributed by atoms with Crippen LogP contribution in [0.5, 0.6) is 0 Å². The number of fused-ring (bicyclic) bond motifs is 1. The molecule has 7 nitrogen and oxygen atoms in total. The maximum Gasteiger partial charge on any atom is 0.255 e. The number of aromatic nitrogens is 4. The van der Waals surface area contributed by atoms with Gasteiger partial charge in [-0.25, -0.2) is 0 Å². The number of benzene rings is 2. The van der Waals surface area contributed by atoms with Crippen molar-refractivity contribution in [3.63, 3.8) is 0 Å². The van der Waals surface area contributed by atoms with E-state index in [9.17, 15) is 4.79 Å². The molecular formula is C25H21N5O2. The second-order valence-electron chi connectivity index (χ2n) is 7.43. The van der Waals surface area contributed by atoms with Crippen molar-refractivity contribution in [2.24, 2.45) is 0 Å². The summed E-state index contributed by atoms with van der Waals surface area (Å²) in [5.74, 6) is 1.80. The molecule has 0 bridgehead atoms. The molecule has 0 saturated heterocycles. The van der Waals surface area contributed by atoms with Crippen molar-refractivity contribution in [2.75, 3.05) is 5.32 Å². The highest BCUT2D eigenvalue weighted by atomic mass is 16.3. The summed E-state index contributed by atoms with van der Waals surface area (Å²) in [5, 5.41) is 16.3. The molecule has 0 saturated carbocycles. The molecule has 0 unspecified atom stereocenters. The topological polar surface area (TPSA) is 85.3 Å². The number of carbonyl (C=O) groups is 1. The molecule has 0 spiro atoms. The molecule has 3 aromatic heterocycles. The fourth-order valence-electron chi connectivity index (χ4n) is 3.75. The first-order valence-electron chi connectivity index (χ1n) is 10.4. The number of hydrogen-bond donors (Lipinski definition) is 1. The van der Waals surface area contributed by atoms with Gasteiger partial charge in [-0.2, -0.15) is 9.61 Å². The van der Waals surface area contributed by atoms with Gasteiger partial charge in [0.2, 0.25) is 5.82 Å². The van der Waals surface area contributed by atoms with E-state index < -0.39 is 0 Å². The first-order chi connectivity index (χ1) is 15.6. The molecule has 32 heavy (non-hydrogen) atoms. The minimum atomic E-state index is -0.143. The van der Waals surface area contributed by atoms with Crippen LogP contribution in [0.1, 0.15) is 28.6 Å². The van der Waals surface area contributed by atoms with E-state index in [2.05, 4.69) is 22.4 Å². The molecule has 0 aliphatic carbocycles. The van der Waals surface area contributed by atoms with Gasteiger partial charge in [-0.3, -0.25) is 4.79 Å². The molecular weight excluding hydrogens is 402 g/mol. The monoisotopic (exact) mass is 423 g/mol. The third kappa shape index (κ3) is 3.54. The van der Waals surface area contributed by atoms with E-state index in [4.69, 9.17) is 9.52 Å². The second kappa shape index (κ2) is 8.11. The maximum atomic E-state index is 12.7. The first kappa shape index (κ1) is 19.7. The lowest BCUT2D eigenvalue weighted by Crippen LogP contribution is -2.13. The van der Waals surface area contributed by atoms with Crippen LogP contribution in [0.15, 0.2) is 77.2 Å². The third-order valence-electron chi connectivity index (χ3n) is 5.31. The Hall–Kier alpha value is -4.26. The Morgan fingerprint density at radius 3 is 2.56 bits per heavy atom. The Morgan fingerprint density at radius 1 is 0.969 bits per heavy atom. The number of rotatable bonds is 5. The summed E-state index contributed by atoms with van der Waals surface area (Å²) in [6, 6.07) is 22.6. The fourth-order valence-corrected chi connectivity index (χ4v) is 3.75. The number of aryl methyl sites for hydroxylation is 1. The highest BCUT2D eigenvalue weighted by Gasteiger charge is 2.17. The molecule has 5 aromatic rings. The fraction of sp³-hybridized carbons (Fsp3) is 0.120. The zero-order valence-electron chi connectivity index (χ0n) is 17.7. The van der Waals surface area contributed by atoms with Crippen molar-refractivity contribution in [1.29, 1.82) is 0 Å². The van der Waals surface area contributed by atoms with E-state index in [1.165, 1.54) is 0 Å². The van der Waals surface area contributed by atoms with Crippen LogP contribution >= 0.6 is 0 Å². The lowest BCUT2D eigenvalue weighted by Gasteiger charge is -2.14. The van der Waals surface area contributed by atoms with Crippen molar-refractivity contribution in [3.05, 3.63) is 89.7 Å². The Balaban J connectivity index is 1.56. The smallest absolute Gasteiger partial charge is 0.255 e.